The SMILES string of the molecule is C=C1C(C)=CC2C1CC(CC)=CC13C2CCC1C3C(C)C. The van der Waals surface area contributed by atoms with Crippen molar-refractivity contribution in [2.75, 3.05) is 0 Å². The van der Waals surface area contributed by atoms with Crippen LogP contribution in [0.3, 0.4) is 0 Å². The van der Waals surface area contributed by atoms with E-state index < -0.39 is 0 Å². The number of allylic oxidation sites excluding steroid dienone is 5. The molecule has 0 aromatic rings. The summed E-state index contributed by atoms with van der Waals surface area (Å²) in [5.41, 5.74) is 5.23. The van der Waals surface area contributed by atoms with Crippen molar-refractivity contribution in [3.8, 4) is 0 Å². The van der Waals surface area contributed by atoms with Crippen molar-refractivity contribution >= 4 is 0 Å². The Morgan fingerprint density at radius 2 is 2.00 bits per heavy atom. The van der Waals surface area contributed by atoms with E-state index >= 15 is 0 Å². The normalized spacial score (nSPS) is 47.5. The molecule has 114 valence electrons. The Kier molecular flexibility index (Phi) is 2.88. The summed E-state index contributed by atoms with van der Waals surface area (Å²) < 4.78 is 0. The van der Waals surface area contributed by atoms with Crippen molar-refractivity contribution in [3.63, 3.8) is 0 Å². The first-order valence-electron chi connectivity index (χ1n) is 9.08. The monoisotopic (exact) mass is 282 g/mol. The van der Waals surface area contributed by atoms with Gasteiger partial charge in [0.05, 0.1) is 0 Å². The third-order valence-corrected chi connectivity index (χ3v) is 7.41. The minimum Gasteiger partial charge on any atom is -0.0953 e. The number of rotatable bonds is 2. The van der Waals surface area contributed by atoms with Crippen LogP contribution in [0.5, 0.6) is 0 Å². The molecule has 6 unspecified atom stereocenters. The maximum Gasteiger partial charge on any atom is -0.00166 e. The minimum atomic E-state index is 0.570. The van der Waals surface area contributed by atoms with E-state index in [1.54, 1.807) is 5.57 Å². The van der Waals surface area contributed by atoms with Gasteiger partial charge in [-0.15, -0.1) is 0 Å². The van der Waals surface area contributed by atoms with Gasteiger partial charge < -0.3 is 0 Å². The minimum absolute atomic E-state index is 0.570. The fraction of sp³-hybridized carbons (Fsp3) is 0.714. The molecule has 0 heterocycles. The molecule has 4 rings (SSSR count). The highest BCUT2D eigenvalue weighted by molar-refractivity contribution is 5.43. The van der Waals surface area contributed by atoms with E-state index in [-0.39, 0.29) is 0 Å². The molecule has 4 aliphatic rings. The van der Waals surface area contributed by atoms with Gasteiger partial charge in [-0.1, -0.05) is 50.6 Å². The predicted molar refractivity (Wildman–Crippen MR) is 89.8 cm³/mol. The Balaban J connectivity index is 1.79. The molecule has 0 N–H and O–H groups in total. The lowest BCUT2D eigenvalue weighted by molar-refractivity contribution is 0.230. The highest BCUT2D eigenvalue weighted by atomic mass is 14.8. The zero-order valence-corrected chi connectivity index (χ0v) is 14.2. The van der Waals surface area contributed by atoms with Gasteiger partial charge in [-0.25, -0.2) is 0 Å². The topological polar surface area (TPSA) is 0 Å². The molecule has 0 amide bonds. The lowest BCUT2D eigenvalue weighted by atomic mass is 9.73. The molecule has 4 aliphatic carbocycles. The zero-order valence-electron chi connectivity index (χ0n) is 14.2. The van der Waals surface area contributed by atoms with Crippen LogP contribution in [-0.4, -0.2) is 0 Å². The smallest absolute Gasteiger partial charge is 0.00166 e. The van der Waals surface area contributed by atoms with Crippen LogP contribution in [0.2, 0.25) is 0 Å². The van der Waals surface area contributed by atoms with E-state index in [1.807, 2.05) is 0 Å². The molecular formula is C21H30. The van der Waals surface area contributed by atoms with E-state index in [9.17, 15) is 0 Å². The fourth-order valence-electron chi connectivity index (χ4n) is 6.61. The van der Waals surface area contributed by atoms with E-state index in [1.165, 1.54) is 36.8 Å². The molecule has 0 radical (unpaired) electrons. The standard InChI is InChI=1S/C21H30/c1-6-15-10-16-14(5)13(4)9-17(16)18-7-8-19-20(12(2)3)21(18,19)11-15/h9,11-12,16-20H,5-8,10H2,1-4H3. The Morgan fingerprint density at radius 1 is 1.29 bits per heavy atom. The van der Waals surface area contributed by atoms with Crippen LogP contribution < -0.4 is 0 Å². The van der Waals surface area contributed by atoms with Crippen molar-refractivity contribution in [3.05, 3.63) is 35.5 Å². The fourth-order valence-corrected chi connectivity index (χ4v) is 6.61. The van der Waals surface area contributed by atoms with Gasteiger partial charge in [0.25, 0.3) is 0 Å². The summed E-state index contributed by atoms with van der Waals surface area (Å²) in [6.07, 6.45) is 10.8. The average Bonchev–Trinajstić information content (AvgIpc) is 2.89. The van der Waals surface area contributed by atoms with Crippen molar-refractivity contribution in [2.45, 2.75) is 53.4 Å². The molecular weight excluding hydrogens is 252 g/mol. The summed E-state index contributed by atoms with van der Waals surface area (Å²) in [7, 11) is 0. The van der Waals surface area contributed by atoms with Crippen molar-refractivity contribution in [1.29, 1.82) is 0 Å². The second-order valence-corrected chi connectivity index (χ2v) is 8.48. The predicted octanol–water partition coefficient (Wildman–Crippen LogP) is 5.77. The van der Waals surface area contributed by atoms with Gasteiger partial charge in [0.1, 0.15) is 0 Å². The molecule has 2 fully saturated rings. The molecule has 0 saturated heterocycles. The van der Waals surface area contributed by atoms with E-state index in [0.29, 0.717) is 11.3 Å². The van der Waals surface area contributed by atoms with Crippen LogP contribution in [0.25, 0.3) is 0 Å². The van der Waals surface area contributed by atoms with Crippen molar-refractivity contribution in [1.82, 2.24) is 0 Å². The van der Waals surface area contributed by atoms with Crippen molar-refractivity contribution < 1.29 is 0 Å². The van der Waals surface area contributed by atoms with Gasteiger partial charge in [0.2, 0.25) is 0 Å². The second-order valence-electron chi connectivity index (χ2n) is 8.48. The zero-order chi connectivity index (χ0) is 14.9. The first-order valence-corrected chi connectivity index (χ1v) is 9.08. The molecule has 0 heteroatoms. The average molecular weight is 282 g/mol. The maximum atomic E-state index is 4.44. The van der Waals surface area contributed by atoms with Crippen LogP contribution in [0.1, 0.15) is 53.4 Å². The van der Waals surface area contributed by atoms with Crippen LogP contribution in [0.4, 0.5) is 0 Å². The lowest BCUT2D eigenvalue weighted by Gasteiger charge is -2.30. The van der Waals surface area contributed by atoms with Gasteiger partial charge >= 0.3 is 0 Å². The van der Waals surface area contributed by atoms with Crippen LogP contribution in [0.15, 0.2) is 35.5 Å². The molecule has 0 aliphatic heterocycles. The summed E-state index contributed by atoms with van der Waals surface area (Å²) in [6.45, 7) is 14.0. The van der Waals surface area contributed by atoms with E-state index in [0.717, 1.165) is 29.6 Å². The molecule has 2 saturated carbocycles. The summed E-state index contributed by atoms with van der Waals surface area (Å²) in [4.78, 5) is 0. The summed E-state index contributed by atoms with van der Waals surface area (Å²) >= 11 is 0. The Bertz CT molecular complexity index is 546. The van der Waals surface area contributed by atoms with Crippen LogP contribution in [-0.2, 0) is 0 Å². The third kappa shape index (κ3) is 1.63. The highest BCUT2D eigenvalue weighted by Crippen LogP contribution is 2.77. The lowest BCUT2D eigenvalue weighted by Crippen LogP contribution is -2.25. The van der Waals surface area contributed by atoms with E-state index in [2.05, 4.69) is 46.4 Å². The number of hydrogen-bond donors (Lipinski definition) is 0. The number of hydrogen-bond acceptors (Lipinski definition) is 0. The van der Waals surface area contributed by atoms with Crippen LogP contribution >= 0.6 is 0 Å². The Hall–Kier alpha value is -0.780. The molecule has 0 bridgehead atoms. The van der Waals surface area contributed by atoms with E-state index in [4.69, 9.17) is 0 Å². The quantitative estimate of drug-likeness (QED) is 0.564. The molecule has 1 spiro atoms. The van der Waals surface area contributed by atoms with Gasteiger partial charge in [0, 0.05) is 0 Å². The highest BCUT2D eigenvalue weighted by Gasteiger charge is 2.72. The maximum absolute atomic E-state index is 4.44. The summed E-state index contributed by atoms with van der Waals surface area (Å²) in [6, 6.07) is 0. The van der Waals surface area contributed by atoms with Crippen molar-refractivity contribution in [2.24, 2.45) is 40.9 Å². The Morgan fingerprint density at radius 3 is 2.62 bits per heavy atom. The van der Waals surface area contributed by atoms with Crippen LogP contribution in [0, 0.1) is 40.9 Å². The van der Waals surface area contributed by atoms with Gasteiger partial charge in [-0.05, 0) is 79.1 Å². The molecule has 0 aromatic heterocycles. The number of fused-ring (bicyclic) bond motifs is 2. The Labute approximate surface area is 130 Å². The van der Waals surface area contributed by atoms with Gasteiger partial charge in [0.15, 0.2) is 0 Å². The summed E-state index contributed by atoms with van der Waals surface area (Å²) in [5, 5.41) is 0. The third-order valence-electron chi connectivity index (χ3n) is 7.41. The first kappa shape index (κ1) is 13.9. The second kappa shape index (κ2) is 4.37. The molecule has 0 nitrogen and oxygen atoms in total. The first-order chi connectivity index (χ1) is 10.0. The molecule has 0 aromatic carbocycles. The summed E-state index contributed by atoms with van der Waals surface area (Å²) in [5.74, 6) is 5.19. The molecule has 21 heavy (non-hydrogen) atoms. The molecule has 6 atom stereocenters. The van der Waals surface area contributed by atoms with Gasteiger partial charge in [-0.3, -0.25) is 0 Å². The largest absolute Gasteiger partial charge is 0.0953 e. The van der Waals surface area contributed by atoms with Gasteiger partial charge in [-0.2, -0.15) is 0 Å².